The molecule has 0 aliphatic carbocycles. The summed E-state index contributed by atoms with van der Waals surface area (Å²) < 4.78 is 13.8. The number of aromatic nitrogens is 2. The summed E-state index contributed by atoms with van der Waals surface area (Å²) in [6.45, 7) is 2.47. The SMILES string of the molecule is O=C(c1ncc[nH]1)N1C[C@H]2C[C@@H](C1)[C@H](Cc1cccc(F)c1)N1CCCC[C@@H]21.O=CO. The van der Waals surface area contributed by atoms with E-state index in [1.54, 1.807) is 24.5 Å². The Balaban J connectivity index is 0.000000730. The molecule has 1 amide bonds. The van der Waals surface area contributed by atoms with Crippen LogP contribution in [0.2, 0.25) is 0 Å². The van der Waals surface area contributed by atoms with Crippen LogP contribution in [-0.4, -0.2) is 69.0 Å². The minimum absolute atomic E-state index is 0.00784. The molecule has 3 fully saturated rings. The van der Waals surface area contributed by atoms with E-state index in [2.05, 4.69) is 14.9 Å². The van der Waals surface area contributed by atoms with Gasteiger partial charge in [0.2, 0.25) is 0 Å². The van der Waals surface area contributed by atoms with Crippen molar-refractivity contribution in [1.29, 1.82) is 0 Å². The van der Waals surface area contributed by atoms with Gasteiger partial charge in [0.05, 0.1) is 0 Å². The molecule has 2 N–H and O–H groups in total. The topological polar surface area (TPSA) is 89.5 Å². The summed E-state index contributed by atoms with van der Waals surface area (Å²) in [7, 11) is 0. The maximum absolute atomic E-state index is 13.8. The second-order valence-corrected chi connectivity index (χ2v) is 8.71. The number of nitrogens with zero attached hydrogens (tertiary/aromatic N) is 3. The summed E-state index contributed by atoms with van der Waals surface area (Å²) in [6.07, 6.45) is 9.07. The molecule has 8 heteroatoms. The lowest BCUT2D eigenvalue weighted by Gasteiger charge is -2.56. The van der Waals surface area contributed by atoms with Gasteiger partial charge in [-0.05, 0) is 61.8 Å². The van der Waals surface area contributed by atoms with E-state index in [9.17, 15) is 9.18 Å². The number of piperidine rings is 3. The lowest BCUT2D eigenvalue weighted by atomic mass is 9.71. The van der Waals surface area contributed by atoms with Gasteiger partial charge in [0.25, 0.3) is 12.4 Å². The van der Waals surface area contributed by atoms with Gasteiger partial charge in [0.1, 0.15) is 5.82 Å². The van der Waals surface area contributed by atoms with Crippen LogP contribution in [0.15, 0.2) is 36.7 Å². The summed E-state index contributed by atoms with van der Waals surface area (Å²) in [4.78, 5) is 33.1. The van der Waals surface area contributed by atoms with Crippen LogP contribution in [0, 0.1) is 17.7 Å². The monoisotopic (exact) mass is 428 g/mol. The molecule has 31 heavy (non-hydrogen) atoms. The van der Waals surface area contributed by atoms with Crippen molar-refractivity contribution in [1.82, 2.24) is 19.8 Å². The number of aromatic amines is 1. The lowest BCUT2D eigenvalue weighted by molar-refractivity contribution is -0.122. The molecule has 0 spiro atoms. The highest BCUT2D eigenvalue weighted by molar-refractivity contribution is 5.90. The molecule has 3 aliphatic heterocycles. The molecule has 2 aromatic rings. The summed E-state index contributed by atoms with van der Waals surface area (Å²) in [6, 6.07) is 7.92. The molecule has 3 aliphatic rings. The molecule has 0 radical (unpaired) electrons. The van der Waals surface area contributed by atoms with Crippen LogP contribution in [0.3, 0.4) is 0 Å². The Kier molecular flexibility index (Phi) is 6.65. The molecule has 1 aromatic carbocycles. The zero-order valence-electron chi connectivity index (χ0n) is 17.5. The van der Waals surface area contributed by atoms with Crippen molar-refractivity contribution >= 4 is 12.4 Å². The summed E-state index contributed by atoms with van der Waals surface area (Å²) in [5, 5.41) is 6.89. The van der Waals surface area contributed by atoms with Gasteiger partial charge in [0, 0.05) is 37.6 Å². The number of carbonyl (C=O) groups excluding carboxylic acids is 1. The number of H-pyrrole nitrogens is 1. The van der Waals surface area contributed by atoms with Crippen molar-refractivity contribution in [2.24, 2.45) is 11.8 Å². The zero-order chi connectivity index (χ0) is 21.8. The quantitative estimate of drug-likeness (QED) is 0.734. The summed E-state index contributed by atoms with van der Waals surface area (Å²) in [5.74, 6) is 1.23. The van der Waals surface area contributed by atoms with Crippen molar-refractivity contribution in [3.8, 4) is 0 Å². The molecule has 7 nitrogen and oxygen atoms in total. The number of likely N-dealkylation sites (tertiary alicyclic amines) is 1. The van der Waals surface area contributed by atoms with Gasteiger partial charge >= 0.3 is 0 Å². The molecule has 166 valence electrons. The normalized spacial score (nSPS) is 27.6. The third-order valence-corrected chi connectivity index (χ3v) is 6.94. The Morgan fingerprint density at radius 1 is 1.29 bits per heavy atom. The number of benzene rings is 1. The van der Waals surface area contributed by atoms with Gasteiger partial charge < -0.3 is 15.0 Å². The lowest BCUT2D eigenvalue weighted by Crippen LogP contribution is -2.64. The minimum Gasteiger partial charge on any atom is -0.483 e. The zero-order valence-corrected chi connectivity index (χ0v) is 17.5. The first-order valence-electron chi connectivity index (χ1n) is 11.0. The van der Waals surface area contributed by atoms with Crippen LogP contribution in [0.1, 0.15) is 41.9 Å². The van der Waals surface area contributed by atoms with Crippen molar-refractivity contribution in [3.63, 3.8) is 0 Å². The van der Waals surface area contributed by atoms with Crippen LogP contribution < -0.4 is 0 Å². The van der Waals surface area contributed by atoms with Crippen molar-refractivity contribution in [3.05, 3.63) is 53.9 Å². The fraction of sp³-hybridized carbons (Fsp3) is 0.522. The predicted octanol–water partition coefficient (Wildman–Crippen LogP) is 2.81. The Morgan fingerprint density at radius 3 is 2.84 bits per heavy atom. The van der Waals surface area contributed by atoms with E-state index in [0.29, 0.717) is 29.7 Å². The average molecular weight is 429 g/mol. The fourth-order valence-electron chi connectivity index (χ4n) is 5.79. The van der Waals surface area contributed by atoms with Crippen LogP contribution in [-0.2, 0) is 11.2 Å². The molecule has 1 aromatic heterocycles. The van der Waals surface area contributed by atoms with Crippen molar-refractivity contribution in [2.75, 3.05) is 19.6 Å². The van der Waals surface area contributed by atoms with E-state index in [0.717, 1.165) is 31.6 Å². The average Bonchev–Trinajstić information content (AvgIpc) is 3.32. The molecule has 4 atom stereocenters. The van der Waals surface area contributed by atoms with Crippen molar-refractivity contribution < 1.29 is 19.1 Å². The van der Waals surface area contributed by atoms with E-state index in [-0.39, 0.29) is 18.2 Å². The molecule has 4 heterocycles. The van der Waals surface area contributed by atoms with Gasteiger partial charge in [-0.3, -0.25) is 14.5 Å². The van der Waals surface area contributed by atoms with E-state index < -0.39 is 0 Å². The Morgan fingerprint density at radius 2 is 2.10 bits per heavy atom. The fourth-order valence-corrected chi connectivity index (χ4v) is 5.79. The van der Waals surface area contributed by atoms with Gasteiger partial charge in [-0.15, -0.1) is 0 Å². The number of hydrogen-bond donors (Lipinski definition) is 2. The number of halogens is 1. The summed E-state index contributed by atoms with van der Waals surface area (Å²) >= 11 is 0. The van der Waals surface area contributed by atoms with Gasteiger partial charge in [-0.25, -0.2) is 9.37 Å². The van der Waals surface area contributed by atoms with Crippen LogP contribution in [0.4, 0.5) is 4.39 Å². The van der Waals surface area contributed by atoms with E-state index in [1.165, 1.54) is 31.7 Å². The van der Waals surface area contributed by atoms with Crippen molar-refractivity contribution in [2.45, 2.75) is 44.2 Å². The largest absolute Gasteiger partial charge is 0.483 e. The highest BCUT2D eigenvalue weighted by atomic mass is 19.1. The second kappa shape index (κ2) is 9.60. The van der Waals surface area contributed by atoms with E-state index in [4.69, 9.17) is 9.90 Å². The number of carbonyl (C=O) groups is 2. The van der Waals surface area contributed by atoms with Crippen LogP contribution in [0.25, 0.3) is 0 Å². The first-order valence-corrected chi connectivity index (χ1v) is 11.0. The van der Waals surface area contributed by atoms with Crippen LogP contribution >= 0.6 is 0 Å². The highest BCUT2D eigenvalue weighted by Gasteiger charge is 2.48. The number of hydrogen-bond acceptors (Lipinski definition) is 4. The Bertz CT molecular complexity index is 891. The Labute approximate surface area is 181 Å². The van der Waals surface area contributed by atoms with E-state index in [1.807, 2.05) is 11.0 Å². The van der Waals surface area contributed by atoms with Gasteiger partial charge in [-0.2, -0.15) is 0 Å². The number of carboxylic acid groups (broad SMARTS) is 1. The molecule has 5 rings (SSSR count). The number of fused-ring (bicyclic) bond motifs is 4. The van der Waals surface area contributed by atoms with Crippen LogP contribution in [0.5, 0.6) is 0 Å². The number of amides is 1. The molecular weight excluding hydrogens is 399 g/mol. The first-order chi connectivity index (χ1) is 15.1. The summed E-state index contributed by atoms with van der Waals surface area (Å²) in [5.41, 5.74) is 1.06. The second-order valence-electron chi connectivity index (χ2n) is 8.71. The third kappa shape index (κ3) is 4.63. The molecule has 3 saturated heterocycles. The smallest absolute Gasteiger partial charge is 0.290 e. The standard InChI is InChI=1S/C22H27FN4O.CH2O2/c23-18-5-3-4-15(10-18)11-20-17-12-16(19-6-1-2-9-27(19)20)13-26(14-17)22(28)21-24-7-8-25-21;2-1-3/h3-5,7-8,10,16-17,19-20H,1-2,6,9,11-14H2,(H,24,25);1H,(H,2,3)/t16-,17+,19+,20+;/m1./s1. The Hall–Kier alpha value is -2.74. The number of rotatable bonds is 3. The van der Waals surface area contributed by atoms with E-state index >= 15 is 0 Å². The predicted molar refractivity (Wildman–Crippen MR) is 113 cm³/mol. The molecule has 0 unspecified atom stereocenters. The number of imidazole rings is 1. The minimum atomic E-state index is -0.250. The third-order valence-electron chi connectivity index (χ3n) is 6.94. The highest BCUT2D eigenvalue weighted by Crippen LogP contribution is 2.42. The molecular formula is C23H29FN4O3. The maximum atomic E-state index is 13.8. The van der Waals surface area contributed by atoms with Gasteiger partial charge in [0.15, 0.2) is 5.82 Å². The van der Waals surface area contributed by atoms with Gasteiger partial charge in [-0.1, -0.05) is 18.6 Å². The molecule has 0 saturated carbocycles. The number of nitrogens with one attached hydrogen (secondary N) is 1. The molecule has 2 bridgehead atoms. The maximum Gasteiger partial charge on any atom is 0.290 e. The first kappa shape index (κ1) is 21.5.